The fraction of sp³-hybridized carbons (Fsp3) is 0.333. The van der Waals surface area contributed by atoms with Gasteiger partial charge in [0.1, 0.15) is 6.61 Å². The molecule has 2 amide bonds. The van der Waals surface area contributed by atoms with E-state index < -0.39 is 5.97 Å². The number of hydrogen-bond acceptors (Lipinski definition) is 4. The number of rotatable bonds is 4. The van der Waals surface area contributed by atoms with Crippen molar-refractivity contribution in [3.63, 3.8) is 0 Å². The standard InChI is InChI=1S/C12H15N3O3/c13-10-3-1-9(2-4-10)11(16)18-8-7-15-6-5-14-12(15)17/h1-4H,5-8,13H2,(H,14,17). The normalized spacial score (nSPS) is 14.4. The van der Waals surface area contributed by atoms with Gasteiger partial charge in [0.25, 0.3) is 0 Å². The molecule has 6 nitrogen and oxygen atoms in total. The van der Waals surface area contributed by atoms with Gasteiger partial charge in [-0.05, 0) is 24.3 Å². The van der Waals surface area contributed by atoms with Crippen molar-refractivity contribution in [2.24, 2.45) is 0 Å². The summed E-state index contributed by atoms with van der Waals surface area (Å²) in [4.78, 5) is 24.5. The molecular formula is C12H15N3O3. The molecule has 1 fully saturated rings. The zero-order chi connectivity index (χ0) is 13.0. The van der Waals surface area contributed by atoms with Gasteiger partial charge in [-0.1, -0.05) is 0 Å². The Balaban J connectivity index is 1.78. The van der Waals surface area contributed by atoms with Gasteiger partial charge in [-0.15, -0.1) is 0 Å². The van der Waals surface area contributed by atoms with Crippen LogP contribution in [0.3, 0.4) is 0 Å². The molecule has 1 aromatic carbocycles. The van der Waals surface area contributed by atoms with E-state index in [9.17, 15) is 9.59 Å². The summed E-state index contributed by atoms with van der Waals surface area (Å²) in [6.07, 6.45) is 0. The number of amides is 2. The minimum absolute atomic E-state index is 0.112. The Bertz CT molecular complexity index is 444. The first kappa shape index (κ1) is 12.2. The molecule has 0 atom stereocenters. The predicted molar refractivity (Wildman–Crippen MR) is 66.1 cm³/mol. The number of nitrogens with one attached hydrogen (secondary N) is 1. The number of esters is 1. The highest BCUT2D eigenvalue weighted by Crippen LogP contribution is 2.07. The van der Waals surface area contributed by atoms with Crippen LogP contribution in [0.4, 0.5) is 10.5 Å². The van der Waals surface area contributed by atoms with Crippen LogP contribution in [0.25, 0.3) is 0 Å². The summed E-state index contributed by atoms with van der Waals surface area (Å²) in [5, 5.41) is 2.68. The summed E-state index contributed by atoms with van der Waals surface area (Å²) in [5.41, 5.74) is 6.57. The van der Waals surface area contributed by atoms with E-state index in [1.54, 1.807) is 29.2 Å². The molecule has 3 N–H and O–H groups in total. The Morgan fingerprint density at radius 2 is 2.11 bits per heavy atom. The third-order valence-corrected chi connectivity index (χ3v) is 2.69. The maximum Gasteiger partial charge on any atom is 0.338 e. The zero-order valence-electron chi connectivity index (χ0n) is 9.89. The zero-order valence-corrected chi connectivity index (χ0v) is 9.89. The van der Waals surface area contributed by atoms with Crippen LogP contribution >= 0.6 is 0 Å². The number of ether oxygens (including phenoxy) is 1. The maximum absolute atomic E-state index is 11.6. The summed E-state index contributed by atoms with van der Waals surface area (Å²) < 4.78 is 5.08. The molecule has 0 aromatic heterocycles. The Hall–Kier alpha value is -2.24. The van der Waals surface area contributed by atoms with Crippen LogP contribution in [0.15, 0.2) is 24.3 Å². The number of carbonyl (C=O) groups is 2. The fourth-order valence-electron chi connectivity index (χ4n) is 1.68. The lowest BCUT2D eigenvalue weighted by atomic mass is 10.2. The van der Waals surface area contributed by atoms with Gasteiger partial charge >= 0.3 is 12.0 Å². The molecule has 6 heteroatoms. The van der Waals surface area contributed by atoms with Crippen molar-refractivity contribution in [1.82, 2.24) is 10.2 Å². The van der Waals surface area contributed by atoms with Gasteiger partial charge < -0.3 is 20.7 Å². The molecular weight excluding hydrogens is 234 g/mol. The summed E-state index contributed by atoms with van der Waals surface area (Å²) in [7, 11) is 0. The van der Waals surface area contributed by atoms with Crippen LogP contribution in [0, 0.1) is 0 Å². The quantitative estimate of drug-likeness (QED) is 0.599. The molecule has 1 heterocycles. The number of nitrogens with two attached hydrogens (primary N) is 1. The average molecular weight is 249 g/mol. The Morgan fingerprint density at radius 1 is 1.39 bits per heavy atom. The number of carbonyl (C=O) groups excluding carboxylic acids is 2. The van der Waals surface area contributed by atoms with Crippen LogP contribution in [0.5, 0.6) is 0 Å². The molecule has 1 saturated heterocycles. The lowest BCUT2D eigenvalue weighted by Gasteiger charge is -2.13. The van der Waals surface area contributed by atoms with Crippen molar-refractivity contribution in [3.05, 3.63) is 29.8 Å². The molecule has 1 aromatic rings. The van der Waals surface area contributed by atoms with Crippen LogP contribution in [-0.2, 0) is 4.74 Å². The van der Waals surface area contributed by atoms with Gasteiger partial charge in [-0.2, -0.15) is 0 Å². The smallest absolute Gasteiger partial charge is 0.338 e. The lowest BCUT2D eigenvalue weighted by Crippen LogP contribution is -2.31. The molecule has 1 aliphatic heterocycles. The summed E-state index contributed by atoms with van der Waals surface area (Å²) in [5.74, 6) is -0.408. The lowest BCUT2D eigenvalue weighted by molar-refractivity contribution is 0.0481. The third kappa shape index (κ3) is 2.91. The van der Waals surface area contributed by atoms with Crippen molar-refractivity contribution < 1.29 is 14.3 Å². The van der Waals surface area contributed by atoms with Gasteiger partial charge in [-0.25, -0.2) is 9.59 Å². The van der Waals surface area contributed by atoms with E-state index in [2.05, 4.69) is 5.32 Å². The monoisotopic (exact) mass is 249 g/mol. The average Bonchev–Trinajstić information content (AvgIpc) is 2.76. The number of hydrogen-bond donors (Lipinski definition) is 2. The summed E-state index contributed by atoms with van der Waals surface area (Å²) in [6.45, 7) is 1.90. The summed E-state index contributed by atoms with van der Waals surface area (Å²) >= 11 is 0. The minimum atomic E-state index is -0.408. The molecule has 18 heavy (non-hydrogen) atoms. The van der Waals surface area contributed by atoms with E-state index in [1.165, 1.54) is 0 Å². The largest absolute Gasteiger partial charge is 0.460 e. The molecule has 2 rings (SSSR count). The van der Waals surface area contributed by atoms with Crippen molar-refractivity contribution in [2.45, 2.75) is 0 Å². The van der Waals surface area contributed by atoms with Crippen LogP contribution in [0.1, 0.15) is 10.4 Å². The predicted octanol–water partition coefficient (Wildman–Crippen LogP) is 0.451. The summed E-state index contributed by atoms with van der Waals surface area (Å²) in [6, 6.07) is 6.40. The van der Waals surface area contributed by atoms with Crippen LogP contribution < -0.4 is 11.1 Å². The second kappa shape index (κ2) is 5.39. The van der Waals surface area contributed by atoms with Crippen molar-refractivity contribution in [1.29, 1.82) is 0 Å². The van der Waals surface area contributed by atoms with Crippen molar-refractivity contribution >= 4 is 17.7 Å². The molecule has 0 saturated carbocycles. The van der Waals surface area contributed by atoms with Gasteiger partial charge in [0, 0.05) is 18.8 Å². The highest BCUT2D eigenvalue weighted by atomic mass is 16.5. The molecule has 96 valence electrons. The maximum atomic E-state index is 11.6. The Kier molecular flexibility index (Phi) is 3.66. The van der Waals surface area contributed by atoms with E-state index >= 15 is 0 Å². The fourth-order valence-corrected chi connectivity index (χ4v) is 1.68. The first-order chi connectivity index (χ1) is 8.66. The van der Waals surface area contributed by atoms with E-state index in [1.807, 2.05) is 0 Å². The number of urea groups is 1. The topological polar surface area (TPSA) is 84.7 Å². The number of nitrogen functional groups attached to an aromatic ring is 1. The number of anilines is 1. The Morgan fingerprint density at radius 3 is 2.72 bits per heavy atom. The molecule has 0 unspecified atom stereocenters. The first-order valence-electron chi connectivity index (χ1n) is 5.72. The highest BCUT2D eigenvalue weighted by Gasteiger charge is 2.19. The van der Waals surface area contributed by atoms with E-state index in [4.69, 9.17) is 10.5 Å². The van der Waals surface area contributed by atoms with E-state index in [0.717, 1.165) is 0 Å². The van der Waals surface area contributed by atoms with Crippen molar-refractivity contribution in [3.8, 4) is 0 Å². The number of nitrogens with zero attached hydrogens (tertiary/aromatic N) is 1. The van der Waals surface area contributed by atoms with Gasteiger partial charge in [0.15, 0.2) is 0 Å². The molecule has 0 radical (unpaired) electrons. The second-order valence-corrected chi connectivity index (χ2v) is 3.98. The molecule has 0 aliphatic carbocycles. The minimum Gasteiger partial charge on any atom is -0.460 e. The number of benzene rings is 1. The Labute approximate surface area is 105 Å². The third-order valence-electron chi connectivity index (χ3n) is 2.69. The first-order valence-corrected chi connectivity index (χ1v) is 5.72. The second-order valence-electron chi connectivity index (χ2n) is 3.98. The van der Waals surface area contributed by atoms with Crippen LogP contribution in [0.2, 0.25) is 0 Å². The van der Waals surface area contributed by atoms with Gasteiger partial charge in [0.05, 0.1) is 12.1 Å². The van der Waals surface area contributed by atoms with Gasteiger partial charge in [-0.3, -0.25) is 0 Å². The molecule has 1 aliphatic rings. The highest BCUT2D eigenvalue weighted by molar-refractivity contribution is 5.89. The van der Waals surface area contributed by atoms with E-state index in [-0.39, 0.29) is 12.6 Å². The van der Waals surface area contributed by atoms with Crippen molar-refractivity contribution in [2.75, 3.05) is 32.0 Å². The van der Waals surface area contributed by atoms with Crippen LogP contribution in [-0.4, -0.2) is 43.1 Å². The van der Waals surface area contributed by atoms with Gasteiger partial charge in [0.2, 0.25) is 0 Å². The molecule has 0 bridgehead atoms. The molecule has 0 spiro atoms. The van der Waals surface area contributed by atoms with E-state index in [0.29, 0.717) is 30.9 Å². The SMILES string of the molecule is Nc1ccc(C(=O)OCCN2CCNC2=O)cc1.